The van der Waals surface area contributed by atoms with E-state index in [2.05, 4.69) is 10.4 Å². The summed E-state index contributed by atoms with van der Waals surface area (Å²) in [6.45, 7) is 1.46. The van der Waals surface area contributed by atoms with Crippen molar-refractivity contribution in [2.75, 3.05) is 12.1 Å². The number of nitrogens with zero attached hydrogens (tertiary/aromatic N) is 3. The topological polar surface area (TPSA) is 104 Å². The zero-order valence-electron chi connectivity index (χ0n) is 17.1. The lowest BCUT2D eigenvalue weighted by Gasteiger charge is -2.08. The van der Waals surface area contributed by atoms with Gasteiger partial charge >= 0.3 is 0 Å². The molecule has 32 heavy (non-hydrogen) atoms. The monoisotopic (exact) mass is 430 g/mol. The summed E-state index contributed by atoms with van der Waals surface area (Å²) in [5.74, 6) is 0.816. The number of carbonyl (C=O) groups excluding carboxylic acids is 2. The average Bonchev–Trinajstić information content (AvgIpc) is 3.42. The van der Waals surface area contributed by atoms with E-state index in [4.69, 9.17) is 9.47 Å². The van der Waals surface area contributed by atoms with Gasteiger partial charge < -0.3 is 19.4 Å². The number of benzene rings is 2. The number of rotatable bonds is 5. The van der Waals surface area contributed by atoms with E-state index in [-0.39, 0.29) is 30.6 Å². The normalized spacial score (nSPS) is 12.2. The SMILES string of the molecule is CC(=O)c1cccc(NC(=O)Cn2ccn3nc(-c4ccc5c(c4)OCO5)cc3c2=O)c1. The van der Waals surface area contributed by atoms with Crippen molar-refractivity contribution in [1.29, 1.82) is 0 Å². The predicted molar refractivity (Wildman–Crippen MR) is 116 cm³/mol. The van der Waals surface area contributed by atoms with Gasteiger partial charge in [-0.1, -0.05) is 12.1 Å². The molecule has 1 aliphatic rings. The van der Waals surface area contributed by atoms with Crippen LogP contribution in [0.2, 0.25) is 0 Å². The highest BCUT2D eigenvalue weighted by molar-refractivity contribution is 5.97. The lowest BCUT2D eigenvalue weighted by Crippen LogP contribution is -2.28. The molecule has 0 radical (unpaired) electrons. The number of fused-ring (bicyclic) bond motifs is 2. The molecule has 0 atom stereocenters. The maximum absolute atomic E-state index is 12.9. The molecule has 0 spiro atoms. The summed E-state index contributed by atoms with van der Waals surface area (Å²) in [5, 5.41) is 7.17. The Morgan fingerprint density at radius 1 is 1.06 bits per heavy atom. The van der Waals surface area contributed by atoms with E-state index in [0.29, 0.717) is 34.0 Å². The van der Waals surface area contributed by atoms with Crippen LogP contribution in [0.3, 0.4) is 0 Å². The van der Waals surface area contributed by atoms with Gasteiger partial charge in [0, 0.05) is 29.2 Å². The molecule has 1 aliphatic heterocycles. The molecule has 4 aromatic rings. The fourth-order valence-electron chi connectivity index (χ4n) is 3.52. The molecule has 9 heteroatoms. The van der Waals surface area contributed by atoms with E-state index in [1.54, 1.807) is 42.6 Å². The fourth-order valence-corrected chi connectivity index (χ4v) is 3.52. The first kappa shape index (κ1) is 19.6. The van der Waals surface area contributed by atoms with Crippen molar-refractivity contribution >= 4 is 22.9 Å². The maximum Gasteiger partial charge on any atom is 0.277 e. The van der Waals surface area contributed by atoms with E-state index in [9.17, 15) is 14.4 Å². The molecule has 0 saturated heterocycles. The Morgan fingerprint density at radius 2 is 1.91 bits per heavy atom. The summed E-state index contributed by atoms with van der Waals surface area (Å²) in [6.07, 6.45) is 3.13. The number of hydrogen-bond donors (Lipinski definition) is 1. The summed E-state index contributed by atoms with van der Waals surface area (Å²) >= 11 is 0. The molecule has 5 rings (SSSR count). The van der Waals surface area contributed by atoms with Crippen molar-refractivity contribution < 1.29 is 19.1 Å². The molecule has 0 fully saturated rings. The molecule has 0 aliphatic carbocycles. The van der Waals surface area contributed by atoms with Gasteiger partial charge in [-0.2, -0.15) is 5.10 Å². The van der Waals surface area contributed by atoms with Crippen LogP contribution in [-0.4, -0.2) is 32.7 Å². The molecule has 160 valence electrons. The third-order valence-corrected chi connectivity index (χ3v) is 5.14. The highest BCUT2D eigenvalue weighted by atomic mass is 16.7. The van der Waals surface area contributed by atoms with Crippen LogP contribution in [0.15, 0.2) is 65.7 Å². The second kappa shape index (κ2) is 7.69. The molecular weight excluding hydrogens is 412 g/mol. The minimum absolute atomic E-state index is 0.0956. The Balaban J connectivity index is 1.39. The molecule has 0 bridgehead atoms. The first-order chi connectivity index (χ1) is 15.5. The van der Waals surface area contributed by atoms with Crippen LogP contribution >= 0.6 is 0 Å². The maximum atomic E-state index is 12.9. The van der Waals surface area contributed by atoms with Crippen LogP contribution in [0.5, 0.6) is 11.5 Å². The smallest absolute Gasteiger partial charge is 0.277 e. The van der Waals surface area contributed by atoms with Gasteiger partial charge in [0.15, 0.2) is 17.3 Å². The van der Waals surface area contributed by atoms with Crippen molar-refractivity contribution in [3.8, 4) is 22.8 Å². The molecule has 1 amide bonds. The Hall–Kier alpha value is -4.40. The van der Waals surface area contributed by atoms with Crippen LogP contribution in [0.1, 0.15) is 17.3 Å². The van der Waals surface area contributed by atoms with E-state index < -0.39 is 0 Å². The van der Waals surface area contributed by atoms with Crippen molar-refractivity contribution in [2.24, 2.45) is 0 Å². The first-order valence-corrected chi connectivity index (χ1v) is 9.88. The molecule has 0 unspecified atom stereocenters. The van der Waals surface area contributed by atoms with Gasteiger partial charge in [0.25, 0.3) is 5.56 Å². The van der Waals surface area contributed by atoms with Crippen molar-refractivity contribution in [3.05, 3.63) is 76.8 Å². The molecule has 2 aromatic carbocycles. The van der Waals surface area contributed by atoms with Gasteiger partial charge in [0.2, 0.25) is 12.7 Å². The van der Waals surface area contributed by atoms with E-state index >= 15 is 0 Å². The number of nitrogens with one attached hydrogen (secondary N) is 1. The summed E-state index contributed by atoms with van der Waals surface area (Å²) in [6, 6.07) is 13.8. The summed E-state index contributed by atoms with van der Waals surface area (Å²) in [4.78, 5) is 36.9. The van der Waals surface area contributed by atoms with Crippen molar-refractivity contribution in [3.63, 3.8) is 0 Å². The zero-order valence-corrected chi connectivity index (χ0v) is 17.1. The third-order valence-electron chi connectivity index (χ3n) is 5.14. The van der Waals surface area contributed by atoms with Gasteiger partial charge in [-0.25, -0.2) is 4.52 Å². The molecule has 2 aromatic heterocycles. The lowest BCUT2D eigenvalue weighted by molar-refractivity contribution is -0.116. The minimum Gasteiger partial charge on any atom is -0.454 e. The number of anilines is 1. The fraction of sp³-hybridized carbons (Fsp3) is 0.130. The van der Waals surface area contributed by atoms with Crippen LogP contribution in [0, 0.1) is 0 Å². The molecule has 3 heterocycles. The van der Waals surface area contributed by atoms with Gasteiger partial charge in [-0.3, -0.25) is 14.4 Å². The highest BCUT2D eigenvalue weighted by Crippen LogP contribution is 2.35. The third kappa shape index (κ3) is 3.60. The Morgan fingerprint density at radius 3 is 2.75 bits per heavy atom. The number of amides is 1. The number of hydrogen-bond acceptors (Lipinski definition) is 6. The lowest BCUT2D eigenvalue weighted by atomic mass is 10.1. The Bertz CT molecular complexity index is 1440. The number of Topliss-reactive ketones (excluding diaryl/α,β-unsaturated/α-hetero) is 1. The predicted octanol–water partition coefficient (Wildman–Crippen LogP) is 2.73. The largest absolute Gasteiger partial charge is 0.454 e. The molecule has 9 nitrogen and oxygen atoms in total. The standard InChI is InChI=1S/C23H18N4O5/c1-14(28)15-3-2-4-17(9-15)24-22(29)12-26-7-8-27-19(23(26)30)11-18(25-27)16-5-6-20-21(10-16)32-13-31-20/h2-11H,12-13H2,1H3,(H,24,29). The van der Waals surface area contributed by atoms with Crippen molar-refractivity contribution in [1.82, 2.24) is 14.2 Å². The Kier molecular flexibility index (Phi) is 4.70. The summed E-state index contributed by atoms with van der Waals surface area (Å²) in [7, 11) is 0. The van der Waals surface area contributed by atoms with Gasteiger partial charge in [-0.15, -0.1) is 0 Å². The first-order valence-electron chi connectivity index (χ1n) is 9.88. The number of ether oxygens (including phenoxy) is 2. The number of carbonyl (C=O) groups is 2. The molecule has 0 saturated carbocycles. The summed E-state index contributed by atoms with van der Waals surface area (Å²) < 4.78 is 13.5. The van der Waals surface area contributed by atoms with E-state index in [1.165, 1.54) is 22.2 Å². The highest BCUT2D eigenvalue weighted by Gasteiger charge is 2.16. The average molecular weight is 430 g/mol. The van der Waals surface area contributed by atoms with Crippen LogP contribution in [0.4, 0.5) is 5.69 Å². The Labute approximate surface area is 181 Å². The molecule has 1 N–H and O–H groups in total. The van der Waals surface area contributed by atoms with Gasteiger partial charge in [0.1, 0.15) is 12.1 Å². The van der Waals surface area contributed by atoms with Crippen LogP contribution in [-0.2, 0) is 11.3 Å². The van der Waals surface area contributed by atoms with Gasteiger partial charge in [0.05, 0.1) is 5.69 Å². The van der Waals surface area contributed by atoms with E-state index in [0.717, 1.165) is 5.56 Å². The second-order valence-corrected chi connectivity index (χ2v) is 7.34. The zero-order chi connectivity index (χ0) is 22.2. The number of ketones is 1. The van der Waals surface area contributed by atoms with Gasteiger partial charge in [-0.05, 0) is 43.3 Å². The van der Waals surface area contributed by atoms with Crippen LogP contribution in [0.25, 0.3) is 16.8 Å². The molecular formula is C23H18N4O5. The minimum atomic E-state index is -0.382. The van der Waals surface area contributed by atoms with Crippen LogP contribution < -0.4 is 20.3 Å². The quantitative estimate of drug-likeness (QED) is 0.488. The van der Waals surface area contributed by atoms with Crippen molar-refractivity contribution in [2.45, 2.75) is 13.5 Å². The second-order valence-electron chi connectivity index (χ2n) is 7.34. The summed E-state index contributed by atoms with van der Waals surface area (Å²) in [5.41, 5.74) is 2.37. The van der Waals surface area contributed by atoms with E-state index in [1.807, 2.05) is 12.1 Å². The number of aromatic nitrogens is 3.